The minimum absolute atomic E-state index is 0.0568. The normalized spacial score (nSPS) is 10.9. The Balaban J connectivity index is 1.04. The van der Waals surface area contributed by atoms with Crippen LogP contribution in [0.4, 0.5) is 4.39 Å². The maximum absolute atomic E-state index is 13.9. The first-order valence-corrected chi connectivity index (χ1v) is 15.4. The van der Waals surface area contributed by atoms with Gasteiger partial charge in [-0.15, -0.1) is 0 Å². The highest BCUT2D eigenvalue weighted by molar-refractivity contribution is 5.85. The highest BCUT2D eigenvalue weighted by atomic mass is 19.1. The molecule has 4 nitrogen and oxygen atoms in total. The summed E-state index contributed by atoms with van der Waals surface area (Å²) in [5.41, 5.74) is 1.69. The van der Waals surface area contributed by atoms with Crippen molar-refractivity contribution >= 4 is 10.8 Å². The SMILES string of the molecule is CCCCCCOc1ccc2cc(OCCCCCCCCOc3ccc(-c4ccc(C#N)c(F)c4)cc3)ccc2c1. The lowest BCUT2D eigenvalue weighted by Crippen LogP contribution is -1.99. The molecule has 0 aromatic heterocycles. The van der Waals surface area contributed by atoms with Gasteiger partial charge >= 0.3 is 0 Å². The predicted molar refractivity (Wildman–Crippen MR) is 169 cm³/mol. The second kappa shape index (κ2) is 17.0. The molecule has 0 spiro atoms. The van der Waals surface area contributed by atoms with Crippen LogP contribution in [0.3, 0.4) is 0 Å². The highest BCUT2D eigenvalue weighted by Gasteiger charge is 2.05. The fourth-order valence-electron chi connectivity index (χ4n) is 4.92. The maximum atomic E-state index is 13.9. The molecule has 0 bridgehead atoms. The number of fused-ring (bicyclic) bond motifs is 1. The average Bonchev–Trinajstić information content (AvgIpc) is 3.02. The zero-order valence-electron chi connectivity index (χ0n) is 24.7. The summed E-state index contributed by atoms with van der Waals surface area (Å²) in [6, 6.07) is 26.7. The first-order valence-electron chi connectivity index (χ1n) is 15.4. The van der Waals surface area contributed by atoms with Crippen LogP contribution >= 0.6 is 0 Å². The quantitative estimate of drug-likeness (QED) is 0.112. The van der Waals surface area contributed by atoms with Crippen LogP contribution in [-0.4, -0.2) is 19.8 Å². The summed E-state index contributed by atoms with van der Waals surface area (Å²) in [5.74, 6) is 2.17. The molecular weight excluding hydrogens is 525 g/mol. The van der Waals surface area contributed by atoms with E-state index in [2.05, 4.69) is 37.3 Å². The Bertz CT molecular complexity index is 1430. The van der Waals surface area contributed by atoms with Crippen molar-refractivity contribution in [3.05, 3.63) is 90.2 Å². The summed E-state index contributed by atoms with van der Waals surface area (Å²) >= 11 is 0. The number of hydrogen-bond donors (Lipinski definition) is 0. The monoisotopic (exact) mass is 567 g/mol. The minimum Gasteiger partial charge on any atom is -0.494 e. The van der Waals surface area contributed by atoms with Crippen molar-refractivity contribution in [1.29, 1.82) is 5.26 Å². The smallest absolute Gasteiger partial charge is 0.141 e. The maximum Gasteiger partial charge on any atom is 0.141 e. The first-order chi connectivity index (χ1) is 20.7. The summed E-state index contributed by atoms with van der Waals surface area (Å²) in [7, 11) is 0. The molecule has 0 fully saturated rings. The Hall–Kier alpha value is -4.04. The topological polar surface area (TPSA) is 51.5 Å². The lowest BCUT2D eigenvalue weighted by atomic mass is 10.0. The molecule has 4 rings (SSSR count). The molecule has 0 amide bonds. The van der Waals surface area contributed by atoms with Crippen LogP contribution in [0.1, 0.15) is 76.7 Å². The van der Waals surface area contributed by atoms with E-state index in [0.29, 0.717) is 6.61 Å². The number of halogens is 1. The van der Waals surface area contributed by atoms with E-state index in [-0.39, 0.29) is 5.56 Å². The van der Waals surface area contributed by atoms with Gasteiger partial charge in [0.25, 0.3) is 0 Å². The van der Waals surface area contributed by atoms with Gasteiger partial charge in [0.05, 0.1) is 25.4 Å². The van der Waals surface area contributed by atoms with E-state index in [4.69, 9.17) is 19.5 Å². The molecule has 4 aromatic rings. The Labute approximate surface area is 250 Å². The Kier molecular flexibility index (Phi) is 12.5. The minimum atomic E-state index is -0.499. The van der Waals surface area contributed by atoms with Crippen molar-refractivity contribution in [3.8, 4) is 34.4 Å². The van der Waals surface area contributed by atoms with Gasteiger partial charge in [-0.3, -0.25) is 0 Å². The highest BCUT2D eigenvalue weighted by Crippen LogP contribution is 2.26. The molecule has 0 aliphatic rings. The van der Waals surface area contributed by atoms with Crippen LogP contribution in [0.2, 0.25) is 0 Å². The van der Waals surface area contributed by atoms with Crippen molar-refractivity contribution in [2.75, 3.05) is 19.8 Å². The number of nitrogens with zero attached hydrogens (tertiary/aromatic N) is 1. The fraction of sp³-hybridized carbons (Fsp3) is 0.378. The van der Waals surface area contributed by atoms with Crippen LogP contribution in [0.15, 0.2) is 78.9 Å². The van der Waals surface area contributed by atoms with Crippen molar-refractivity contribution in [1.82, 2.24) is 0 Å². The molecule has 220 valence electrons. The molecule has 5 heteroatoms. The summed E-state index contributed by atoms with van der Waals surface area (Å²) in [6.45, 7) is 4.42. The summed E-state index contributed by atoms with van der Waals surface area (Å²) < 4.78 is 31.7. The largest absolute Gasteiger partial charge is 0.494 e. The van der Waals surface area contributed by atoms with Gasteiger partial charge in [-0.25, -0.2) is 4.39 Å². The lowest BCUT2D eigenvalue weighted by Gasteiger charge is -2.10. The number of benzene rings is 4. The third kappa shape index (κ3) is 9.80. The lowest BCUT2D eigenvalue weighted by molar-refractivity contribution is 0.297. The van der Waals surface area contributed by atoms with E-state index in [1.54, 1.807) is 6.07 Å². The van der Waals surface area contributed by atoms with Gasteiger partial charge in [0.1, 0.15) is 29.1 Å². The standard InChI is InChI=1S/C37H42FNO3/c1-2-3-4-9-23-41-35-20-16-31-26-36(21-17-30(31)25-35)42-24-11-8-6-5-7-10-22-40-34-18-14-29(15-19-34)32-12-13-33(28-39)37(38)27-32/h12-21,25-27H,2-11,22-24H2,1H3. The molecule has 0 radical (unpaired) electrons. The number of rotatable bonds is 18. The molecule has 0 saturated heterocycles. The number of nitriles is 1. The van der Waals surface area contributed by atoms with E-state index >= 15 is 0 Å². The van der Waals surface area contributed by atoms with E-state index in [1.165, 1.54) is 55.0 Å². The van der Waals surface area contributed by atoms with Crippen molar-refractivity contribution in [3.63, 3.8) is 0 Å². The molecule has 4 aromatic carbocycles. The molecule has 0 unspecified atom stereocenters. The van der Waals surface area contributed by atoms with Crippen LogP contribution in [0.25, 0.3) is 21.9 Å². The fourth-order valence-corrected chi connectivity index (χ4v) is 4.92. The molecular formula is C37H42FNO3. The van der Waals surface area contributed by atoms with Crippen LogP contribution in [-0.2, 0) is 0 Å². The number of ether oxygens (including phenoxy) is 3. The van der Waals surface area contributed by atoms with Gasteiger partial charge in [0.15, 0.2) is 0 Å². The molecule has 0 aliphatic carbocycles. The number of hydrogen-bond acceptors (Lipinski definition) is 4. The van der Waals surface area contributed by atoms with E-state index in [9.17, 15) is 4.39 Å². The van der Waals surface area contributed by atoms with Gasteiger partial charge in [0, 0.05) is 0 Å². The van der Waals surface area contributed by atoms with Crippen molar-refractivity contribution < 1.29 is 18.6 Å². The van der Waals surface area contributed by atoms with Crippen molar-refractivity contribution in [2.24, 2.45) is 0 Å². The third-order valence-corrected chi connectivity index (χ3v) is 7.40. The number of unbranched alkanes of at least 4 members (excludes halogenated alkanes) is 8. The van der Waals surface area contributed by atoms with E-state index < -0.39 is 5.82 Å². The van der Waals surface area contributed by atoms with Gasteiger partial charge in [-0.2, -0.15) is 5.26 Å². The van der Waals surface area contributed by atoms with Crippen molar-refractivity contribution in [2.45, 2.75) is 71.1 Å². The molecule has 0 N–H and O–H groups in total. The molecule has 0 atom stereocenters. The van der Waals surface area contributed by atoms with Gasteiger partial charge in [-0.05, 0) is 89.7 Å². The summed E-state index contributed by atoms with van der Waals surface area (Å²) in [4.78, 5) is 0. The Morgan fingerprint density at radius 2 is 1.02 bits per heavy atom. The van der Waals surface area contributed by atoms with E-state index in [0.717, 1.165) is 73.7 Å². The second-order valence-electron chi connectivity index (χ2n) is 10.7. The Morgan fingerprint density at radius 1 is 0.548 bits per heavy atom. The molecule has 0 aliphatic heterocycles. The Morgan fingerprint density at radius 3 is 1.55 bits per heavy atom. The zero-order valence-corrected chi connectivity index (χ0v) is 24.7. The molecule has 0 saturated carbocycles. The van der Waals surface area contributed by atoms with Crippen LogP contribution in [0.5, 0.6) is 17.2 Å². The average molecular weight is 568 g/mol. The predicted octanol–water partition coefficient (Wildman–Crippen LogP) is 10.3. The van der Waals surface area contributed by atoms with E-state index in [1.807, 2.05) is 36.4 Å². The second-order valence-corrected chi connectivity index (χ2v) is 10.7. The third-order valence-electron chi connectivity index (χ3n) is 7.40. The molecule has 42 heavy (non-hydrogen) atoms. The van der Waals surface area contributed by atoms with Crippen LogP contribution in [0, 0.1) is 17.1 Å². The van der Waals surface area contributed by atoms with Gasteiger partial charge in [-0.1, -0.05) is 82.2 Å². The zero-order chi connectivity index (χ0) is 29.4. The summed E-state index contributed by atoms with van der Waals surface area (Å²) in [5, 5.41) is 11.2. The van der Waals surface area contributed by atoms with Crippen LogP contribution < -0.4 is 14.2 Å². The van der Waals surface area contributed by atoms with Gasteiger partial charge < -0.3 is 14.2 Å². The molecule has 0 heterocycles. The first kappa shape index (κ1) is 30.9. The summed E-state index contributed by atoms with van der Waals surface area (Å²) in [6.07, 6.45) is 11.6. The van der Waals surface area contributed by atoms with Gasteiger partial charge in [0.2, 0.25) is 0 Å².